The van der Waals surface area contributed by atoms with Crippen molar-refractivity contribution in [2.75, 3.05) is 0 Å². The maximum atomic E-state index is 10.9. The Morgan fingerprint density at radius 2 is 1.85 bits per heavy atom. The van der Waals surface area contributed by atoms with Gasteiger partial charge in [0.25, 0.3) is 5.17 Å². The summed E-state index contributed by atoms with van der Waals surface area (Å²) in [6, 6.07) is 7.87. The summed E-state index contributed by atoms with van der Waals surface area (Å²) in [4.78, 5) is 0. The van der Waals surface area contributed by atoms with E-state index in [0.29, 0.717) is 0 Å². The first-order valence-electron chi connectivity index (χ1n) is 3.36. The number of rotatable bonds is 2. The van der Waals surface area contributed by atoms with Crippen LogP contribution < -0.4 is 9.92 Å². The lowest BCUT2D eigenvalue weighted by Crippen LogP contribution is -2.27. The SMILES string of the molecule is N=C(N)S(=O)(=O)Oc1ccccc1. The Morgan fingerprint density at radius 1 is 1.31 bits per heavy atom. The Labute approximate surface area is 75.8 Å². The first kappa shape index (κ1) is 9.53. The van der Waals surface area contributed by atoms with E-state index in [1.54, 1.807) is 18.2 Å². The third kappa shape index (κ3) is 2.45. The van der Waals surface area contributed by atoms with Crippen LogP contribution in [0.3, 0.4) is 0 Å². The molecule has 0 bridgehead atoms. The second-order valence-corrected chi connectivity index (χ2v) is 3.73. The summed E-state index contributed by atoms with van der Waals surface area (Å²) in [5, 5.41) is 5.71. The van der Waals surface area contributed by atoms with Crippen molar-refractivity contribution in [3.63, 3.8) is 0 Å². The molecule has 70 valence electrons. The maximum absolute atomic E-state index is 10.9. The van der Waals surface area contributed by atoms with E-state index in [9.17, 15) is 8.42 Å². The topological polar surface area (TPSA) is 93.2 Å². The molecule has 1 aromatic rings. The third-order valence-corrected chi connectivity index (χ3v) is 2.17. The summed E-state index contributed by atoms with van der Waals surface area (Å²) >= 11 is 0. The van der Waals surface area contributed by atoms with Crippen LogP contribution in [-0.2, 0) is 10.1 Å². The summed E-state index contributed by atoms with van der Waals surface area (Å²) in [6.07, 6.45) is 0. The summed E-state index contributed by atoms with van der Waals surface area (Å²) in [7, 11) is -4.09. The molecule has 6 heteroatoms. The van der Waals surface area contributed by atoms with Crippen molar-refractivity contribution in [3.05, 3.63) is 30.3 Å². The number of nitrogens with one attached hydrogen (secondary N) is 1. The lowest BCUT2D eigenvalue weighted by molar-refractivity contribution is 0.499. The monoisotopic (exact) mass is 200 g/mol. The van der Waals surface area contributed by atoms with Gasteiger partial charge in [0.1, 0.15) is 5.75 Å². The molecule has 0 unspecified atom stereocenters. The Balaban J connectivity index is 2.88. The minimum Gasteiger partial charge on any atom is -0.377 e. The lowest BCUT2D eigenvalue weighted by atomic mass is 10.3. The smallest absolute Gasteiger partial charge is 0.372 e. The van der Waals surface area contributed by atoms with Gasteiger partial charge in [-0.25, -0.2) is 0 Å². The van der Waals surface area contributed by atoms with Gasteiger partial charge in [-0.3, -0.25) is 5.41 Å². The molecule has 0 heterocycles. The van der Waals surface area contributed by atoms with Gasteiger partial charge in [0.05, 0.1) is 0 Å². The minimum atomic E-state index is -4.09. The molecule has 0 radical (unpaired) electrons. The molecule has 0 aliphatic rings. The number of hydrogen-bond acceptors (Lipinski definition) is 4. The number of para-hydroxylation sites is 1. The molecule has 0 spiro atoms. The molecule has 0 fully saturated rings. The van der Waals surface area contributed by atoms with Crippen LogP contribution in [0.15, 0.2) is 30.3 Å². The molecule has 0 amide bonds. The van der Waals surface area contributed by atoms with Gasteiger partial charge in [-0.15, -0.1) is 0 Å². The Morgan fingerprint density at radius 3 is 2.31 bits per heavy atom. The first-order chi connectivity index (χ1) is 6.02. The van der Waals surface area contributed by atoms with Crippen LogP contribution in [0.1, 0.15) is 0 Å². The van der Waals surface area contributed by atoms with Gasteiger partial charge in [-0.05, 0) is 12.1 Å². The van der Waals surface area contributed by atoms with Gasteiger partial charge in [0.2, 0.25) is 0 Å². The number of hydrogen-bond donors (Lipinski definition) is 2. The molecule has 0 saturated heterocycles. The average Bonchev–Trinajstić information content (AvgIpc) is 2.05. The molecule has 0 saturated carbocycles. The predicted molar refractivity (Wildman–Crippen MR) is 47.9 cm³/mol. The maximum Gasteiger partial charge on any atom is 0.372 e. The molecule has 1 aromatic carbocycles. The minimum absolute atomic E-state index is 0.137. The van der Waals surface area contributed by atoms with Crippen LogP contribution in [0.25, 0.3) is 0 Å². The van der Waals surface area contributed by atoms with Crippen molar-refractivity contribution >= 4 is 15.3 Å². The molecule has 1 rings (SSSR count). The highest BCUT2D eigenvalue weighted by molar-refractivity contribution is 8.02. The fraction of sp³-hybridized carbons (Fsp3) is 0. The number of benzene rings is 1. The zero-order valence-corrected chi connectivity index (χ0v) is 7.41. The molecule has 0 aliphatic carbocycles. The van der Waals surface area contributed by atoms with Crippen molar-refractivity contribution in [1.82, 2.24) is 0 Å². The van der Waals surface area contributed by atoms with Crippen LogP contribution in [0.4, 0.5) is 0 Å². The summed E-state index contributed by atoms with van der Waals surface area (Å²) in [5.74, 6) is 0.137. The van der Waals surface area contributed by atoms with Crippen molar-refractivity contribution in [3.8, 4) is 5.75 Å². The van der Waals surface area contributed by atoms with Gasteiger partial charge in [0.15, 0.2) is 0 Å². The van der Waals surface area contributed by atoms with Gasteiger partial charge < -0.3 is 9.92 Å². The highest BCUT2D eigenvalue weighted by atomic mass is 32.2. The summed E-state index contributed by atoms with van der Waals surface area (Å²) in [6.45, 7) is 0. The Kier molecular flexibility index (Phi) is 2.52. The van der Waals surface area contributed by atoms with Gasteiger partial charge in [0, 0.05) is 0 Å². The Bertz CT molecular complexity index is 399. The van der Waals surface area contributed by atoms with Gasteiger partial charge in [-0.2, -0.15) is 8.42 Å². The van der Waals surface area contributed by atoms with Crippen molar-refractivity contribution in [2.24, 2.45) is 5.73 Å². The van der Waals surface area contributed by atoms with Crippen LogP contribution in [0.5, 0.6) is 5.75 Å². The largest absolute Gasteiger partial charge is 0.377 e. The number of amidine groups is 1. The highest BCUT2D eigenvalue weighted by Gasteiger charge is 2.16. The molecule has 3 N–H and O–H groups in total. The second kappa shape index (κ2) is 3.44. The zero-order valence-electron chi connectivity index (χ0n) is 6.60. The fourth-order valence-electron chi connectivity index (χ4n) is 0.648. The standard InChI is InChI=1S/C7H8N2O3S/c8-7(9)13(10,11)12-6-4-2-1-3-5-6/h1-5H,(H3,8,9). The third-order valence-electron chi connectivity index (χ3n) is 1.22. The van der Waals surface area contributed by atoms with E-state index in [1.165, 1.54) is 12.1 Å². The quantitative estimate of drug-likeness (QED) is 0.407. The second-order valence-electron chi connectivity index (χ2n) is 2.21. The zero-order chi connectivity index (χ0) is 9.90. The predicted octanol–water partition coefficient (Wildman–Crippen LogP) is 0.289. The van der Waals surface area contributed by atoms with E-state index in [4.69, 9.17) is 11.1 Å². The van der Waals surface area contributed by atoms with Crippen LogP contribution in [0, 0.1) is 5.41 Å². The van der Waals surface area contributed by atoms with E-state index < -0.39 is 15.3 Å². The van der Waals surface area contributed by atoms with E-state index in [2.05, 4.69) is 4.18 Å². The van der Waals surface area contributed by atoms with Crippen molar-refractivity contribution in [2.45, 2.75) is 0 Å². The van der Waals surface area contributed by atoms with E-state index in [-0.39, 0.29) is 5.75 Å². The molecular formula is C7H8N2O3S. The Hall–Kier alpha value is -1.56. The molecule has 0 atom stereocenters. The number of nitrogens with two attached hydrogens (primary N) is 1. The molecule has 5 nitrogen and oxygen atoms in total. The molecule has 0 aliphatic heterocycles. The lowest BCUT2D eigenvalue weighted by Gasteiger charge is -2.03. The molecular weight excluding hydrogens is 192 g/mol. The molecule has 13 heavy (non-hydrogen) atoms. The summed E-state index contributed by atoms with van der Waals surface area (Å²) < 4.78 is 26.3. The van der Waals surface area contributed by atoms with Crippen LogP contribution >= 0.6 is 0 Å². The highest BCUT2D eigenvalue weighted by Crippen LogP contribution is 2.11. The first-order valence-corrected chi connectivity index (χ1v) is 4.77. The van der Waals surface area contributed by atoms with Crippen LogP contribution in [0.2, 0.25) is 0 Å². The van der Waals surface area contributed by atoms with E-state index in [1.807, 2.05) is 0 Å². The fourth-order valence-corrected chi connectivity index (χ4v) is 1.10. The van der Waals surface area contributed by atoms with Gasteiger partial charge >= 0.3 is 10.1 Å². The van der Waals surface area contributed by atoms with Crippen molar-refractivity contribution < 1.29 is 12.6 Å². The average molecular weight is 200 g/mol. The summed E-state index contributed by atoms with van der Waals surface area (Å²) in [5.41, 5.74) is 4.79. The van der Waals surface area contributed by atoms with Crippen molar-refractivity contribution in [1.29, 1.82) is 5.41 Å². The van der Waals surface area contributed by atoms with Gasteiger partial charge in [-0.1, -0.05) is 18.2 Å². The normalized spacial score (nSPS) is 10.8. The molecule has 0 aromatic heterocycles. The van der Waals surface area contributed by atoms with E-state index in [0.717, 1.165) is 0 Å². The van der Waals surface area contributed by atoms with Crippen LogP contribution in [-0.4, -0.2) is 13.6 Å². The van der Waals surface area contributed by atoms with E-state index >= 15 is 0 Å².